The molecule has 2 heterocycles. The lowest BCUT2D eigenvalue weighted by Crippen LogP contribution is -2.33. The molecule has 1 aromatic carbocycles. The number of benzene rings is 1. The van der Waals surface area contributed by atoms with Crippen molar-refractivity contribution in [2.45, 2.75) is 51.9 Å². The molecule has 1 fully saturated rings. The van der Waals surface area contributed by atoms with E-state index in [0.717, 1.165) is 18.8 Å². The number of hydrogen-bond donors (Lipinski definition) is 1. The number of H-pyrrole nitrogens is 1. The van der Waals surface area contributed by atoms with Gasteiger partial charge in [0.1, 0.15) is 5.75 Å². The first kappa shape index (κ1) is 16.4. The van der Waals surface area contributed by atoms with E-state index < -0.39 is 0 Å². The topological polar surface area (TPSA) is 28.3 Å². The molecule has 1 aromatic heterocycles. The summed E-state index contributed by atoms with van der Waals surface area (Å²) in [6, 6.07) is 6.44. The van der Waals surface area contributed by atoms with Gasteiger partial charge in [-0.05, 0) is 62.9 Å². The molecule has 1 N–H and O–H groups in total. The van der Waals surface area contributed by atoms with E-state index in [-0.39, 0.29) is 0 Å². The number of likely N-dealkylation sites (tertiary alicyclic amines) is 1. The first-order valence-corrected chi connectivity index (χ1v) is 9.28. The summed E-state index contributed by atoms with van der Waals surface area (Å²) in [4.78, 5) is 6.10. The number of aromatic nitrogens is 1. The average Bonchev–Trinajstić information content (AvgIpc) is 3.03. The zero-order valence-corrected chi connectivity index (χ0v) is 14.6. The summed E-state index contributed by atoms with van der Waals surface area (Å²) >= 11 is 0. The molecule has 1 aliphatic heterocycles. The zero-order chi connectivity index (χ0) is 16.1. The molecule has 1 aliphatic rings. The Labute approximate surface area is 140 Å². The Hall–Kier alpha value is -1.48. The highest BCUT2D eigenvalue weighted by molar-refractivity contribution is 5.88. The second kappa shape index (κ2) is 7.87. The summed E-state index contributed by atoms with van der Waals surface area (Å²) in [5.74, 6) is 1.68. The van der Waals surface area contributed by atoms with Crippen LogP contribution in [0.4, 0.5) is 0 Å². The third-order valence-corrected chi connectivity index (χ3v) is 5.03. The highest BCUT2D eigenvalue weighted by Crippen LogP contribution is 2.36. The summed E-state index contributed by atoms with van der Waals surface area (Å²) in [6.07, 6.45) is 8.43. The molecule has 0 unspecified atom stereocenters. The van der Waals surface area contributed by atoms with Crippen LogP contribution in [-0.2, 0) is 0 Å². The molecule has 0 spiro atoms. The van der Waals surface area contributed by atoms with E-state index in [0.29, 0.717) is 5.92 Å². The lowest BCUT2D eigenvalue weighted by molar-refractivity contribution is 0.210. The van der Waals surface area contributed by atoms with Gasteiger partial charge >= 0.3 is 0 Å². The van der Waals surface area contributed by atoms with Gasteiger partial charge in [0.15, 0.2) is 0 Å². The number of nitrogens with zero attached hydrogens (tertiary/aromatic N) is 1. The lowest BCUT2D eigenvalue weighted by atomic mass is 9.89. The fourth-order valence-electron chi connectivity index (χ4n) is 3.67. The number of rotatable bonds is 7. The SMILES string of the molecule is CCCCN1CCC(c2c[nH]c3c(OCCC)cccc23)CC1. The van der Waals surface area contributed by atoms with E-state index in [2.05, 4.69) is 48.1 Å². The van der Waals surface area contributed by atoms with Crippen LogP contribution < -0.4 is 4.74 Å². The minimum absolute atomic E-state index is 0.683. The summed E-state index contributed by atoms with van der Waals surface area (Å²) < 4.78 is 5.89. The first-order valence-electron chi connectivity index (χ1n) is 9.28. The van der Waals surface area contributed by atoms with Crippen LogP contribution in [-0.4, -0.2) is 36.1 Å². The normalized spacial score (nSPS) is 17.0. The monoisotopic (exact) mass is 314 g/mol. The molecule has 0 bridgehead atoms. The molecule has 23 heavy (non-hydrogen) atoms. The number of aromatic amines is 1. The van der Waals surface area contributed by atoms with Crippen LogP contribution in [0.2, 0.25) is 0 Å². The summed E-state index contributed by atoms with van der Waals surface area (Å²) in [6.45, 7) is 8.95. The Bertz CT molecular complexity index is 611. The highest BCUT2D eigenvalue weighted by Gasteiger charge is 2.23. The van der Waals surface area contributed by atoms with E-state index in [1.54, 1.807) is 0 Å². The molecule has 0 aliphatic carbocycles. The van der Waals surface area contributed by atoms with E-state index in [1.807, 2.05) is 0 Å². The molecule has 126 valence electrons. The van der Waals surface area contributed by atoms with E-state index in [4.69, 9.17) is 4.74 Å². The van der Waals surface area contributed by atoms with Gasteiger partial charge in [0.05, 0.1) is 12.1 Å². The maximum atomic E-state index is 5.89. The predicted molar refractivity (Wildman–Crippen MR) is 97.4 cm³/mol. The second-order valence-electron chi connectivity index (χ2n) is 6.74. The minimum atomic E-state index is 0.683. The van der Waals surface area contributed by atoms with Crippen LogP contribution in [0.1, 0.15) is 57.4 Å². The summed E-state index contributed by atoms with van der Waals surface area (Å²) in [5.41, 5.74) is 2.65. The Kier molecular flexibility index (Phi) is 5.60. The Morgan fingerprint density at radius 2 is 2.00 bits per heavy atom. The van der Waals surface area contributed by atoms with Crippen LogP contribution in [0, 0.1) is 0 Å². The van der Waals surface area contributed by atoms with Crippen molar-refractivity contribution in [2.24, 2.45) is 0 Å². The highest BCUT2D eigenvalue weighted by atomic mass is 16.5. The standard InChI is InChI=1S/C20H30N2O/c1-3-5-11-22-12-9-16(10-13-22)18-15-21-20-17(18)7-6-8-19(20)23-14-4-2/h6-8,15-16,21H,3-5,9-14H2,1-2H3. The van der Waals surface area contributed by atoms with Gasteiger partial charge in [-0.25, -0.2) is 0 Å². The summed E-state index contributed by atoms with van der Waals surface area (Å²) in [7, 11) is 0. The quantitative estimate of drug-likeness (QED) is 0.784. The Balaban J connectivity index is 1.71. The molecule has 0 amide bonds. The number of fused-ring (bicyclic) bond motifs is 1. The van der Waals surface area contributed by atoms with Gasteiger partial charge in [0.25, 0.3) is 0 Å². The van der Waals surface area contributed by atoms with Gasteiger partial charge in [-0.2, -0.15) is 0 Å². The maximum absolute atomic E-state index is 5.89. The van der Waals surface area contributed by atoms with Gasteiger partial charge in [-0.3, -0.25) is 0 Å². The van der Waals surface area contributed by atoms with E-state index >= 15 is 0 Å². The molecule has 3 heteroatoms. The second-order valence-corrected chi connectivity index (χ2v) is 6.74. The van der Waals surface area contributed by atoms with Crippen LogP contribution in [0.5, 0.6) is 5.75 Å². The van der Waals surface area contributed by atoms with Crippen molar-refractivity contribution in [3.8, 4) is 5.75 Å². The van der Waals surface area contributed by atoms with Crippen molar-refractivity contribution >= 4 is 10.9 Å². The predicted octanol–water partition coefficient (Wildman–Crippen LogP) is 4.94. The number of piperidine rings is 1. The molecule has 0 radical (unpaired) electrons. The van der Waals surface area contributed by atoms with Gasteiger partial charge in [0.2, 0.25) is 0 Å². The van der Waals surface area contributed by atoms with Gasteiger partial charge < -0.3 is 14.6 Å². The summed E-state index contributed by atoms with van der Waals surface area (Å²) in [5, 5.41) is 1.35. The number of ether oxygens (including phenoxy) is 1. The number of para-hydroxylation sites is 1. The third-order valence-electron chi connectivity index (χ3n) is 5.03. The van der Waals surface area contributed by atoms with Crippen LogP contribution in [0.25, 0.3) is 10.9 Å². The molecule has 3 rings (SSSR count). The van der Waals surface area contributed by atoms with E-state index in [9.17, 15) is 0 Å². The Morgan fingerprint density at radius 1 is 1.17 bits per heavy atom. The molecule has 0 atom stereocenters. The van der Waals surface area contributed by atoms with Crippen molar-refractivity contribution in [1.29, 1.82) is 0 Å². The smallest absolute Gasteiger partial charge is 0.143 e. The van der Waals surface area contributed by atoms with Crippen molar-refractivity contribution in [2.75, 3.05) is 26.2 Å². The number of nitrogens with one attached hydrogen (secondary N) is 1. The zero-order valence-electron chi connectivity index (χ0n) is 14.6. The van der Waals surface area contributed by atoms with Crippen LogP contribution in [0.3, 0.4) is 0 Å². The van der Waals surface area contributed by atoms with Crippen molar-refractivity contribution in [3.05, 3.63) is 30.0 Å². The first-order chi connectivity index (χ1) is 11.3. The molecule has 2 aromatic rings. The Morgan fingerprint density at radius 3 is 2.74 bits per heavy atom. The fraction of sp³-hybridized carbons (Fsp3) is 0.600. The van der Waals surface area contributed by atoms with E-state index in [1.165, 1.54) is 61.8 Å². The average molecular weight is 314 g/mol. The minimum Gasteiger partial charge on any atom is -0.491 e. The molecular formula is C20H30N2O. The molecular weight excluding hydrogens is 284 g/mol. The fourth-order valence-corrected chi connectivity index (χ4v) is 3.67. The van der Waals surface area contributed by atoms with Gasteiger partial charge in [-0.15, -0.1) is 0 Å². The van der Waals surface area contributed by atoms with Crippen molar-refractivity contribution in [3.63, 3.8) is 0 Å². The number of hydrogen-bond acceptors (Lipinski definition) is 2. The van der Waals surface area contributed by atoms with Gasteiger partial charge in [0, 0.05) is 11.6 Å². The van der Waals surface area contributed by atoms with Crippen molar-refractivity contribution in [1.82, 2.24) is 9.88 Å². The molecule has 1 saturated heterocycles. The maximum Gasteiger partial charge on any atom is 0.143 e. The van der Waals surface area contributed by atoms with Gasteiger partial charge in [-0.1, -0.05) is 32.4 Å². The van der Waals surface area contributed by atoms with Crippen LogP contribution in [0.15, 0.2) is 24.4 Å². The lowest BCUT2D eigenvalue weighted by Gasteiger charge is -2.31. The third kappa shape index (κ3) is 3.72. The molecule has 0 saturated carbocycles. The van der Waals surface area contributed by atoms with Crippen LogP contribution >= 0.6 is 0 Å². The number of unbranched alkanes of at least 4 members (excludes halogenated alkanes) is 1. The van der Waals surface area contributed by atoms with Crippen molar-refractivity contribution < 1.29 is 4.74 Å². The largest absolute Gasteiger partial charge is 0.491 e. The molecule has 3 nitrogen and oxygen atoms in total.